The highest BCUT2D eigenvalue weighted by molar-refractivity contribution is 7.80. The number of ether oxygens (including phenoxy) is 2. The summed E-state index contributed by atoms with van der Waals surface area (Å²) in [6, 6.07) is 0.921. The van der Waals surface area contributed by atoms with Gasteiger partial charge in [0.1, 0.15) is 0 Å². The molecule has 0 spiro atoms. The van der Waals surface area contributed by atoms with E-state index in [4.69, 9.17) is 21.7 Å². The first kappa shape index (κ1) is 26.9. The zero-order chi connectivity index (χ0) is 25.6. The lowest BCUT2D eigenvalue weighted by Crippen LogP contribution is -2.52. The van der Waals surface area contributed by atoms with Gasteiger partial charge in [0.25, 0.3) is 5.17 Å². The Bertz CT molecular complexity index is 1070. The van der Waals surface area contributed by atoms with Gasteiger partial charge in [0.2, 0.25) is 5.91 Å². The monoisotopic (exact) mass is 499 g/mol. The second kappa shape index (κ2) is 11.8. The highest BCUT2D eigenvalue weighted by Crippen LogP contribution is 2.41. The average Bonchev–Trinajstić information content (AvgIpc) is 3.26. The Morgan fingerprint density at radius 2 is 1.83 bits per heavy atom. The summed E-state index contributed by atoms with van der Waals surface area (Å²) in [6.07, 6.45) is 11.6. The van der Waals surface area contributed by atoms with Crippen molar-refractivity contribution < 1.29 is 19.1 Å². The number of rotatable bonds is 11. The van der Waals surface area contributed by atoms with Gasteiger partial charge >= 0.3 is 5.97 Å². The largest absolute Gasteiger partial charge is 0.464 e. The van der Waals surface area contributed by atoms with Crippen LogP contribution >= 0.6 is 12.2 Å². The van der Waals surface area contributed by atoms with Gasteiger partial charge in [0.05, 0.1) is 18.0 Å². The van der Waals surface area contributed by atoms with Crippen LogP contribution in [0.15, 0.2) is 23.4 Å². The molecule has 0 aliphatic carbocycles. The first-order valence-electron chi connectivity index (χ1n) is 12.7. The average molecular weight is 500 g/mol. The Morgan fingerprint density at radius 1 is 1.14 bits per heavy atom. The van der Waals surface area contributed by atoms with E-state index in [2.05, 4.69) is 17.8 Å². The molecule has 0 bridgehead atoms. The van der Waals surface area contributed by atoms with E-state index in [0.717, 1.165) is 36.3 Å². The molecule has 0 saturated carbocycles. The van der Waals surface area contributed by atoms with E-state index in [1.807, 2.05) is 26.0 Å². The number of unbranched alkanes of at least 4 members (excludes halogenated alkanes) is 6. The Labute approximate surface area is 213 Å². The molecule has 0 N–H and O–H groups in total. The second-order valence-corrected chi connectivity index (χ2v) is 9.69. The summed E-state index contributed by atoms with van der Waals surface area (Å²) in [5, 5.41) is 4.58. The van der Waals surface area contributed by atoms with E-state index in [1.54, 1.807) is 24.6 Å². The minimum atomic E-state index is -1.24. The molecule has 35 heavy (non-hydrogen) atoms. The van der Waals surface area contributed by atoms with Crippen LogP contribution in [0.5, 0.6) is 0 Å². The summed E-state index contributed by atoms with van der Waals surface area (Å²) in [5.74, 6) is -0.756. The zero-order valence-electron chi connectivity index (χ0n) is 21.6. The lowest BCUT2D eigenvalue weighted by atomic mass is 9.86. The minimum Gasteiger partial charge on any atom is -0.464 e. The molecule has 2 atom stereocenters. The SMILES string of the molecule is CCCCCCCCCC(=O)N1C(=S)OC(C)(C2=C(C)n3nc(C)cc3C=C=C2)C1C(=O)OCC. The molecule has 0 aromatic carbocycles. The second-order valence-electron chi connectivity index (χ2n) is 9.34. The van der Waals surface area contributed by atoms with E-state index >= 15 is 0 Å². The third-order valence-corrected chi connectivity index (χ3v) is 6.89. The fourth-order valence-electron chi connectivity index (χ4n) is 4.81. The Morgan fingerprint density at radius 3 is 2.51 bits per heavy atom. The summed E-state index contributed by atoms with van der Waals surface area (Å²) in [7, 11) is 0. The van der Waals surface area contributed by atoms with Crippen molar-refractivity contribution in [3.8, 4) is 0 Å². The van der Waals surface area contributed by atoms with E-state index in [0.29, 0.717) is 12.0 Å². The number of esters is 1. The van der Waals surface area contributed by atoms with E-state index in [-0.39, 0.29) is 17.7 Å². The van der Waals surface area contributed by atoms with Crippen molar-refractivity contribution >= 4 is 41.0 Å². The fourth-order valence-corrected chi connectivity index (χ4v) is 5.19. The maximum Gasteiger partial charge on any atom is 0.333 e. The number of hydrogen-bond donors (Lipinski definition) is 0. The molecule has 0 radical (unpaired) electrons. The Hall–Kier alpha value is -2.70. The number of allylic oxidation sites excluding steroid dienone is 1. The molecule has 1 fully saturated rings. The van der Waals surface area contributed by atoms with Crippen LogP contribution in [-0.4, -0.2) is 50.0 Å². The van der Waals surface area contributed by atoms with Gasteiger partial charge < -0.3 is 9.47 Å². The van der Waals surface area contributed by atoms with Crippen molar-refractivity contribution in [2.75, 3.05) is 6.61 Å². The topological polar surface area (TPSA) is 73.7 Å². The summed E-state index contributed by atoms with van der Waals surface area (Å²) in [4.78, 5) is 27.9. The molecule has 3 heterocycles. The van der Waals surface area contributed by atoms with E-state index in [1.165, 1.54) is 30.6 Å². The number of carbonyl (C=O) groups excluding carboxylic acids is 2. The number of fused-ring (bicyclic) bond motifs is 1. The minimum absolute atomic E-state index is 0.00250. The van der Waals surface area contributed by atoms with Gasteiger partial charge in [0, 0.05) is 23.8 Å². The number of aromatic nitrogens is 2. The van der Waals surface area contributed by atoms with Gasteiger partial charge in [-0.3, -0.25) is 9.69 Å². The number of hydrogen-bond acceptors (Lipinski definition) is 6. The van der Waals surface area contributed by atoms with Gasteiger partial charge in [-0.05, 0) is 58.5 Å². The van der Waals surface area contributed by atoms with Crippen molar-refractivity contribution in [2.45, 2.75) is 97.6 Å². The zero-order valence-corrected chi connectivity index (χ0v) is 22.4. The normalized spacial score (nSPS) is 21.2. The Kier molecular flexibility index (Phi) is 9.09. The lowest BCUT2D eigenvalue weighted by molar-refractivity contribution is -0.154. The van der Waals surface area contributed by atoms with Crippen molar-refractivity contribution in [3.63, 3.8) is 0 Å². The predicted molar refractivity (Wildman–Crippen MR) is 140 cm³/mol. The van der Waals surface area contributed by atoms with E-state index in [9.17, 15) is 9.59 Å². The fraction of sp³-hybridized carbons (Fsp3) is 0.593. The first-order chi connectivity index (χ1) is 16.7. The quantitative estimate of drug-likeness (QED) is 0.171. The molecule has 2 aliphatic rings. The summed E-state index contributed by atoms with van der Waals surface area (Å²) in [5.41, 5.74) is 5.09. The van der Waals surface area contributed by atoms with Crippen molar-refractivity contribution in [1.82, 2.24) is 14.7 Å². The third-order valence-electron chi connectivity index (χ3n) is 6.61. The van der Waals surface area contributed by atoms with Crippen molar-refractivity contribution in [3.05, 3.63) is 34.8 Å². The standard InChI is InChI=1S/C27H37N3O4S/c1-6-8-9-10-11-12-13-17-23(31)29-24(25(32)33-7-2)27(5,34-26(29)35)22-16-14-15-21-18-19(3)28-30(21)20(22)4/h15-16,18,24H,6-13,17H2,1-5H3. The van der Waals surface area contributed by atoms with Crippen molar-refractivity contribution in [1.29, 1.82) is 0 Å². The summed E-state index contributed by atoms with van der Waals surface area (Å²) in [6.45, 7) is 9.73. The number of nitrogens with zero attached hydrogens (tertiary/aromatic N) is 3. The van der Waals surface area contributed by atoms with Crippen LogP contribution in [0.1, 0.15) is 90.4 Å². The molecule has 3 rings (SSSR count). The number of carbonyl (C=O) groups is 2. The maximum absolute atomic E-state index is 13.3. The molecule has 2 aliphatic heterocycles. The van der Waals surface area contributed by atoms with Crippen LogP contribution in [0.4, 0.5) is 0 Å². The van der Waals surface area contributed by atoms with Crippen LogP contribution < -0.4 is 0 Å². The third kappa shape index (κ3) is 5.76. The number of aryl methyl sites for hydroxylation is 1. The number of thiocarbonyl (C=S) groups is 1. The van der Waals surface area contributed by atoms with Gasteiger partial charge in [0.15, 0.2) is 11.6 Å². The summed E-state index contributed by atoms with van der Waals surface area (Å²) >= 11 is 5.51. The highest BCUT2D eigenvalue weighted by Gasteiger charge is 2.58. The molecule has 7 nitrogen and oxygen atoms in total. The molecule has 8 heteroatoms. The molecule has 1 aromatic rings. The Balaban J connectivity index is 1.87. The molecule has 1 saturated heterocycles. The van der Waals surface area contributed by atoms with Crippen LogP contribution in [0.25, 0.3) is 11.8 Å². The summed E-state index contributed by atoms with van der Waals surface area (Å²) < 4.78 is 13.4. The molecule has 1 amide bonds. The highest BCUT2D eigenvalue weighted by atomic mass is 32.1. The molecule has 1 aromatic heterocycles. The predicted octanol–water partition coefficient (Wildman–Crippen LogP) is 5.58. The van der Waals surface area contributed by atoms with Crippen molar-refractivity contribution in [2.24, 2.45) is 0 Å². The van der Waals surface area contributed by atoms with Crippen LogP contribution in [0.2, 0.25) is 0 Å². The maximum atomic E-state index is 13.3. The van der Waals surface area contributed by atoms with Gasteiger partial charge in [-0.2, -0.15) is 5.10 Å². The van der Waals surface area contributed by atoms with Crippen LogP contribution in [-0.2, 0) is 19.1 Å². The van der Waals surface area contributed by atoms with E-state index < -0.39 is 17.6 Å². The molecule has 2 unspecified atom stereocenters. The van der Waals surface area contributed by atoms with Crippen LogP contribution in [0, 0.1) is 6.92 Å². The van der Waals surface area contributed by atoms with Gasteiger partial charge in [-0.25, -0.2) is 9.48 Å². The molecular weight excluding hydrogens is 462 g/mol. The lowest BCUT2D eigenvalue weighted by Gasteiger charge is -2.31. The molecule has 190 valence electrons. The molecular formula is C27H37N3O4S. The van der Waals surface area contributed by atoms with Crippen LogP contribution in [0.3, 0.4) is 0 Å². The first-order valence-corrected chi connectivity index (χ1v) is 13.1. The van der Waals surface area contributed by atoms with Gasteiger partial charge in [-0.15, -0.1) is 5.73 Å². The van der Waals surface area contributed by atoms with Gasteiger partial charge in [-0.1, -0.05) is 45.4 Å². The number of amides is 1. The smallest absolute Gasteiger partial charge is 0.333 e.